The molecule has 2 aromatic heterocycles. The van der Waals surface area contributed by atoms with E-state index < -0.39 is 17.9 Å². The zero-order valence-electron chi connectivity index (χ0n) is 21.6. The third-order valence-electron chi connectivity index (χ3n) is 6.44. The molecule has 1 aliphatic heterocycles. The molecule has 0 bridgehead atoms. The fraction of sp³-hybridized carbons (Fsp3) is 0.100. The molecule has 5 rings (SSSR count). The van der Waals surface area contributed by atoms with Crippen molar-refractivity contribution in [1.82, 2.24) is 9.97 Å². The SMILES string of the molecule is COC(=O)C1=C(C(=O)OC)N(c2cccc(-c3nc(-c4ccncc4)cs3)c2)C(N)=C(C#N)C1c1ccccc1. The molecule has 9 nitrogen and oxygen atoms in total. The van der Waals surface area contributed by atoms with E-state index in [1.54, 1.807) is 54.9 Å². The van der Waals surface area contributed by atoms with Crippen molar-refractivity contribution in [2.45, 2.75) is 5.92 Å². The van der Waals surface area contributed by atoms with Crippen LogP contribution >= 0.6 is 11.3 Å². The molecule has 40 heavy (non-hydrogen) atoms. The number of carbonyl (C=O) groups is 2. The molecule has 0 saturated heterocycles. The summed E-state index contributed by atoms with van der Waals surface area (Å²) in [6.45, 7) is 0. The Labute approximate surface area is 234 Å². The highest BCUT2D eigenvalue weighted by atomic mass is 32.1. The van der Waals surface area contributed by atoms with Crippen molar-refractivity contribution >= 4 is 29.0 Å². The molecule has 0 spiro atoms. The van der Waals surface area contributed by atoms with Gasteiger partial charge in [-0.2, -0.15) is 5.26 Å². The van der Waals surface area contributed by atoms with Gasteiger partial charge in [0.05, 0.1) is 43.0 Å². The highest BCUT2D eigenvalue weighted by Gasteiger charge is 2.43. The van der Waals surface area contributed by atoms with E-state index in [-0.39, 0.29) is 22.7 Å². The first-order valence-electron chi connectivity index (χ1n) is 12.1. The highest BCUT2D eigenvalue weighted by Crippen LogP contribution is 2.43. The molecule has 0 radical (unpaired) electrons. The zero-order valence-corrected chi connectivity index (χ0v) is 22.4. The maximum Gasteiger partial charge on any atom is 0.355 e. The number of pyridine rings is 1. The van der Waals surface area contributed by atoms with E-state index in [0.29, 0.717) is 11.3 Å². The number of nitrogens with zero attached hydrogens (tertiary/aromatic N) is 4. The lowest BCUT2D eigenvalue weighted by molar-refractivity contribution is -0.139. The lowest BCUT2D eigenvalue weighted by Gasteiger charge is -2.36. The van der Waals surface area contributed by atoms with Gasteiger partial charge in [-0.3, -0.25) is 9.88 Å². The van der Waals surface area contributed by atoms with Crippen LogP contribution in [0.3, 0.4) is 0 Å². The Morgan fingerprint density at radius 2 is 1.70 bits per heavy atom. The number of benzene rings is 2. The van der Waals surface area contributed by atoms with Crippen molar-refractivity contribution in [3.63, 3.8) is 0 Å². The summed E-state index contributed by atoms with van der Waals surface area (Å²) in [5.74, 6) is -2.52. The standard InChI is InChI=1S/C30H23N5O4S/c1-38-29(36)25-24(19-7-4-3-5-8-19)22(16-31)27(32)35(26(25)30(37)39-2)21-10-6-9-20(15-21)28-34-23(17-40-28)18-11-13-33-14-12-18/h3-15,17,24H,32H2,1-2H3. The summed E-state index contributed by atoms with van der Waals surface area (Å²) in [6, 6.07) is 22.0. The first kappa shape index (κ1) is 26.3. The Morgan fingerprint density at radius 3 is 2.38 bits per heavy atom. The molecule has 4 aromatic rings. The summed E-state index contributed by atoms with van der Waals surface area (Å²) >= 11 is 1.45. The number of nitriles is 1. The lowest BCUT2D eigenvalue weighted by atomic mass is 9.81. The number of anilines is 1. The Bertz CT molecular complexity index is 1690. The molecule has 1 atom stereocenters. The molecular formula is C30H23N5O4S. The van der Waals surface area contributed by atoms with E-state index in [4.69, 9.17) is 20.2 Å². The van der Waals surface area contributed by atoms with Gasteiger partial charge in [0.2, 0.25) is 0 Å². The highest BCUT2D eigenvalue weighted by molar-refractivity contribution is 7.13. The number of esters is 2. The third kappa shape index (κ3) is 4.70. The summed E-state index contributed by atoms with van der Waals surface area (Å²) in [7, 11) is 2.43. The molecule has 0 fully saturated rings. The van der Waals surface area contributed by atoms with Gasteiger partial charge in [-0.1, -0.05) is 42.5 Å². The summed E-state index contributed by atoms with van der Waals surface area (Å²) in [5, 5.41) is 12.9. The number of aromatic nitrogens is 2. The number of thiazole rings is 1. The molecule has 198 valence electrons. The van der Waals surface area contributed by atoms with Gasteiger partial charge in [-0.25, -0.2) is 14.6 Å². The second-order valence-corrected chi connectivity index (χ2v) is 9.52. The first-order valence-corrected chi connectivity index (χ1v) is 13.0. The van der Waals surface area contributed by atoms with E-state index in [9.17, 15) is 14.9 Å². The Hall–Kier alpha value is -5.27. The van der Waals surface area contributed by atoms with Gasteiger partial charge in [-0.15, -0.1) is 11.3 Å². The average molecular weight is 550 g/mol. The number of hydrogen-bond acceptors (Lipinski definition) is 10. The summed E-state index contributed by atoms with van der Waals surface area (Å²) in [6.07, 6.45) is 3.41. The maximum absolute atomic E-state index is 13.3. The van der Waals surface area contributed by atoms with E-state index in [1.807, 2.05) is 29.6 Å². The van der Waals surface area contributed by atoms with Crippen LogP contribution in [0, 0.1) is 11.3 Å². The summed E-state index contributed by atoms with van der Waals surface area (Å²) in [5.41, 5.74) is 10.1. The Kier molecular flexibility index (Phi) is 7.39. The van der Waals surface area contributed by atoms with Crippen molar-refractivity contribution in [2.75, 3.05) is 19.1 Å². The van der Waals surface area contributed by atoms with E-state index in [2.05, 4.69) is 11.1 Å². The molecule has 1 aliphatic rings. The molecule has 0 saturated carbocycles. The van der Waals surface area contributed by atoms with Crippen LogP contribution in [0.25, 0.3) is 21.8 Å². The van der Waals surface area contributed by atoms with Crippen LogP contribution in [0.2, 0.25) is 0 Å². The molecule has 1 unspecified atom stereocenters. The number of methoxy groups -OCH3 is 2. The van der Waals surface area contributed by atoms with Crippen LogP contribution in [0.1, 0.15) is 11.5 Å². The largest absolute Gasteiger partial charge is 0.466 e. The minimum Gasteiger partial charge on any atom is -0.466 e. The van der Waals surface area contributed by atoms with Crippen molar-refractivity contribution < 1.29 is 19.1 Å². The van der Waals surface area contributed by atoms with Gasteiger partial charge < -0.3 is 15.2 Å². The van der Waals surface area contributed by atoms with E-state index >= 15 is 0 Å². The number of nitrogens with two attached hydrogens (primary N) is 1. The van der Waals surface area contributed by atoms with Crippen molar-refractivity contribution in [3.05, 3.63) is 113 Å². The molecule has 2 N–H and O–H groups in total. The monoisotopic (exact) mass is 549 g/mol. The Balaban J connectivity index is 1.69. The second kappa shape index (κ2) is 11.2. The van der Waals surface area contributed by atoms with Gasteiger partial charge in [0.15, 0.2) is 0 Å². The number of carbonyl (C=O) groups excluding carboxylic acids is 2. The van der Waals surface area contributed by atoms with Gasteiger partial charge in [0, 0.05) is 34.6 Å². The lowest BCUT2D eigenvalue weighted by Crippen LogP contribution is -2.40. The predicted molar refractivity (Wildman–Crippen MR) is 150 cm³/mol. The molecule has 3 heterocycles. The van der Waals surface area contributed by atoms with Crippen molar-refractivity contribution in [3.8, 4) is 27.9 Å². The second-order valence-electron chi connectivity index (χ2n) is 8.66. The third-order valence-corrected chi connectivity index (χ3v) is 7.33. The van der Waals surface area contributed by atoms with Crippen LogP contribution in [0.15, 0.2) is 107 Å². The van der Waals surface area contributed by atoms with Crippen molar-refractivity contribution in [1.29, 1.82) is 5.26 Å². The maximum atomic E-state index is 13.3. The van der Waals surface area contributed by atoms with Crippen molar-refractivity contribution in [2.24, 2.45) is 5.73 Å². The topological polar surface area (TPSA) is 131 Å². The smallest absolute Gasteiger partial charge is 0.355 e. The van der Waals surface area contributed by atoms with Gasteiger partial charge >= 0.3 is 11.9 Å². The fourth-order valence-corrected chi connectivity index (χ4v) is 5.45. The number of rotatable bonds is 6. The Morgan fingerprint density at radius 1 is 0.975 bits per heavy atom. The summed E-state index contributed by atoms with van der Waals surface area (Å²) in [4.78, 5) is 36.7. The quantitative estimate of drug-likeness (QED) is 0.338. The predicted octanol–water partition coefficient (Wildman–Crippen LogP) is 4.77. The van der Waals surface area contributed by atoms with E-state index in [1.165, 1.54) is 30.5 Å². The van der Waals surface area contributed by atoms with Crippen LogP contribution in [0.4, 0.5) is 5.69 Å². The number of ether oxygens (including phenoxy) is 2. The average Bonchev–Trinajstić information content (AvgIpc) is 3.51. The van der Waals surface area contributed by atoms with Gasteiger partial charge in [-0.05, 0) is 29.8 Å². The molecule has 0 aliphatic carbocycles. The van der Waals surface area contributed by atoms with Gasteiger partial charge in [0.25, 0.3) is 0 Å². The minimum atomic E-state index is -0.936. The summed E-state index contributed by atoms with van der Waals surface area (Å²) < 4.78 is 10.2. The normalized spacial score (nSPS) is 15.0. The molecular weight excluding hydrogens is 526 g/mol. The van der Waals surface area contributed by atoms with Crippen LogP contribution in [-0.2, 0) is 19.1 Å². The van der Waals surface area contributed by atoms with Crippen LogP contribution in [-0.4, -0.2) is 36.1 Å². The fourth-order valence-electron chi connectivity index (χ4n) is 4.62. The first-order chi connectivity index (χ1) is 19.5. The van der Waals surface area contributed by atoms with E-state index in [0.717, 1.165) is 21.8 Å². The molecule has 0 amide bonds. The van der Waals surface area contributed by atoms with Crippen LogP contribution < -0.4 is 10.6 Å². The minimum absolute atomic E-state index is 0.00169. The number of allylic oxidation sites excluding steroid dienone is 1. The number of hydrogen-bond donors (Lipinski definition) is 1. The van der Waals surface area contributed by atoms with Crippen LogP contribution in [0.5, 0.6) is 0 Å². The zero-order chi connectivity index (χ0) is 28.2. The van der Waals surface area contributed by atoms with Gasteiger partial charge in [0.1, 0.15) is 16.5 Å². The molecule has 10 heteroatoms. The molecule has 2 aromatic carbocycles.